The first kappa shape index (κ1) is 19.0. The van der Waals surface area contributed by atoms with E-state index < -0.39 is 0 Å². The average molecular weight is 422 g/mol. The van der Waals surface area contributed by atoms with E-state index in [1.165, 1.54) is 0 Å². The summed E-state index contributed by atoms with van der Waals surface area (Å²) in [6.07, 6.45) is 1.93. The van der Waals surface area contributed by atoms with Crippen LogP contribution in [0.2, 0.25) is 0 Å². The predicted octanol–water partition coefficient (Wildman–Crippen LogP) is 5.08. The predicted molar refractivity (Wildman–Crippen MR) is 116 cm³/mol. The van der Waals surface area contributed by atoms with Crippen molar-refractivity contribution in [1.29, 1.82) is 0 Å². The number of ether oxygens (including phenoxy) is 3. The number of thiophene rings is 1. The number of hydrogen-bond donors (Lipinski definition) is 0. The van der Waals surface area contributed by atoms with E-state index >= 15 is 0 Å². The second-order valence-electron chi connectivity index (χ2n) is 7.46. The molecule has 0 aliphatic carbocycles. The highest BCUT2D eigenvalue weighted by Gasteiger charge is 2.31. The van der Waals surface area contributed by atoms with Crippen molar-refractivity contribution in [3.8, 4) is 17.2 Å². The number of likely N-dealkylation sites (tertiary alicyclic amines) is 1. The Balaban J connectivity index is 1.33. The fourth-order valence-corrected chi connectivity index (χ4v) is 4.67. The Morgan fingerprint density at radius 3 is 2.83 bits per heavy atom. The molecule has 0 radical (unpaired) electrons. The SMILES string of the molecule is O=C(c1cccc(OCc2cccs2)c1)N1CCCC1c1ccc2c(c1)OCCO2. The summed E-state index contributed by atoms with van der Waals surface area (Å²) in [5.74, 6) is 2.29. The molecule has 3 aromatic rings. The van der Waals surface area contributed by atoms with E-state index in [4.69, 9.17) is 14.2 Å². The molecular formula is C24H23NO4S. The highest BCUT2D eigenvalue weighted by atomic mass is 32.1. The van der Waals surface area contributed by atoms with Crippen LogP contribution in [0.3, 0.4) is 0 Å². The van der Waals surface area contributed by atoms with Crippen LogP contribution in [0.1, 0.15) is 39.7 Å². The third-order valence-electron chi connectivity index (χ3n) is 5.51. The van der Waals surface area contributed by atoms with Crippen LogP contribution in [0.25, 0.3) is 0 Å². The van der Waals surface area contributed by atoms with E-state index in [9.17, 15) is 4.79 Å². The van der Waals surface area contributed by atoms with Gasteiger partial charge in [0.25, 0.3) is 5.91 Å². The first-order valence-corrected chi connectivity index (χ1v) is 11.1. The smallest absolute Gasteiger partial charge is 0.254 e. The standard InChI is InChI=1S/C24H23NO4S/c26-24(18-4-1-5-19(14-18)29-16-20-6-3-13-30-20)25-10-2-7-21(25)17-8-9-22-23(15-17)28-12-11-27-22/h1,3-6,8-9,13-15,21H,2,7,10-12,16H2. The molecule has 5 nitrogen and oxygen atoms in total. The van der Waals surface area contributed by atoms with Crippen LogP contribution in [0.15, 0.2) is 60.0 Å². The highest BCUT2D eigenvalue weighted by molar-refractivity contribution is 7.09. The Morgan fingerprint density at radius 1 is 1.07 bits per heavy atom. The van der Waals surface area contributed by atoms with Gasteiger partial charge in [0, 0.05) is 17.0 Å². The number of hydrogen-bond acceptors (Lipinski definition) is 5. The Kier molecular flexibility index (Phi) is 5.32. The summed E-state index contributed by atoms with van der Waals surface area (Å²) in [7, 11) is 0. The van der Waals surface area contributed by atoms with Gasteiger partial charge in [0.05, 0.1) is 6.04 Å². The van der Waals surface area contributed by atoms with Gasteiger partial charge in [-0.1, -0.05) is 18.2 Å². The lowest BCUT2D eigenvalue weighted by molar-refractivity contribution is 0.0734. The van der Waals surface area contributed by atoms with Crippen LogP contribution < -0.4 is 14.2 Å². The first-order valence-electron chi connectivity index (χ1n) is 10.2. The Bertz CT molecular complexity index is 1030. The van der Waals surface area contributed by atoms with Gasteiger partial charge >= 0.3 is 0 Å². The summed E-state index contributed by atoms with van der Waals surface area (Å²) in [5.41, 5.74) is 1.75. The first-order chi connectivity index (χ1) is 14.8. The molecule has 2 aliphatic heterocycles. The lowest BCUT2D eigenvalue weighted by Gasteiger charge is -2.27. The molecule has 1 unspecified atom stereocenters. The Morgan fingerprint density at radius 2 is 1.97 bits per heavy atom. The summed E-state index contributed by atoms with van der Waals surface area (Å²) < 4.78 is 17.2. The van der Waals surface area contributed by atoms with Crippen LogP contribution in [-0.2, 0) is 6.61 Å². The molecule has 0 spiro atoms. The van der Waals surface area contributed by atoms with Gasteiger partial charge in [-0.15, -0.1) is 11.3 Å². The molecule has 1 atom stereocenters. The molecule has 30 heavy (non-hydrogen) atoms. The third kappa shape index (κ3) is 3.87. The number of nitrogens with zero attached hydrogens (tertiary/aromatic N) is 1. The third-order valence-corrected chi connectivity index (χ3v) is 6.36. The molecule has 1 aromatic heterocycles. The maximum Gasteiger partial charge on any atom is 0.254 e. The van der Waals surface area contributed by atoms with Crippen molar-refractivity contribution >= 4 is 17.2 Å². The van der Waals surface area contributed by atoms with Gasteiger partial charge in [-0.25, -0.2) is 0 Å². The number of amides is 1. The van der Waals surface area contributed by atoms with Gasteiger partial charge in [-0.2, -0.15) is 0 Å². The number of benzene rings is 2. The minimum absolute atomic E-state index is 0.0361. The molecule has 5 rings (SSSR count). The molecular weight excluding hydrogens is 398 g/mol. The van der Waals surface area contributed by atoms with Gasteiger partial charge in [0.1, 0.15) is 25.6 Å². The highest BCUT2D eigenvalue weighted by Crippen LogP contribution is 2.38. The van der Waals surface area contributed by atoms with Crippen molar-refractivity contribution in [3.05, 3.63) is 76.0 Å². The van der Waals surface area contributed by atoms with Gasteiger partial charge in [-0.3, -0.25) is 4.79 Å². The van der Waals surface area contributed by atoms with Crippen LogP contribution in [0.4, 0.5) is 0 Å². The van der Waals surface area contributed by atoms with Crippen molar-refractivity contribution in [3.63, 3.8) is 0 Å². The van der Waals surface area contributed by atoms with Crippen molar-refractivity contribution < 1.29 is 19.0 Å². The molecule has 2 aliphatic rings. The second-order valence-corrected chi connectivity index (χ2v) is 8.49. The van der Waals surface area contributed by atoms with Crippen LogP contribution >= 0.6 is 11.3 Å². The molecule has 154 valence electrons. The zero-order valence-electron chi connectivity index (χ0n) is 16.6. The normalized spacial score (nSPS) is 17.7. The van der Waals surface area contributed by atoms with Gasteiger partial charge in [-0.05, 0) is 60.2 Å². The quantitative estimate of drug-likeness (QED) is 0.577. The van der Waals surface area contributed by atoms with Crippen LogP contribution in [0.5, 0.6) is 17.2 Å². The zero-order chi connectivity index (χ0) is 20.3. The molecule has 1 saturated heterocycles. The molecule has 0 N–H and O–H groups in total. The fraction of sp³-hybridized carbons (Fsp3) is 0.292. The number of carbonyl (C=O) groups is 1. The minimum atomic E-state index is 0.0361. The number of fused-ring (bicyclic) bond motifs is 1. The van der Waals surface area contributed by atoms with E-state index in [1.54, 1.807) is 11.3 Å². The largest absolute Gasteiger partial charge is 0.488 e. The molecule has 0 saturated carbocycles. The fourth-order valence-electron chi connectivity index (χ4n) is 4.06. The van der Waals surface area contributed by atoms with Crippen molar-refractivity contribution in [2.75, 3.05) is 19.8 Å². The summed E-state index contributed by atoms with van der Waals surface area (Å²) in [5, 5.41) is 2.03. The van der Waals surface area contributed by atoms with Gasteiger partial charge < -0.3 is 19.1 Å². The maximum atomic E-state index is 13.3. The molecule has 6 heteroatoms. The van der Waals surface area contributed by atoms with Crippen molar-refractivity contribution in [2.24, 2.45) is 0 Å². The van der Waals surface area contributed by atoms with E-state index in [0.717, 1.165) is 41.3 Å². The van der Waals surface area contributed by atoms with Gasteiger partial charge in [0.2, 0.25) is 0 Å². The lowest BCUT2D eigenvalue weighted by atomic mass is 10.0. The van der Waals surface area contributed by atoms with Crippen LogP contribution in [0, 0.1) is 0 Å². The monoisotopic (exact) mass is 421 g/mol. The molecule has 1 fully saturated rings. The topological polar surface area (TPSA) is 48.0 Å². The number of rotatable bonds is 5. The Labute approximate surface area is 179 Å². The molecule has 1 amide bonds. The summed E-state index contributed by atoms with van der Waals surface area (Å²) in [4.78, 5) is 16.4. The van der Waals surface area contributed by atoms with Crippen LogP contribution in [-0.4, -0.2) is 30.6 Å². The minimum Gasteiger partial charge on any atom is -0.488 e. The maximum absolute atomic E-state index is 13.3. The zero-order valence-corrected chi connectivity index (χ0v) is 17.4. The lowest BCUT2D eigenvalue weighted by Crippen LogP contribution is -2.30. The van der Waals surface area contributed by atoms with E-state index in [2.05, 4.69) is 0 Å². The summed E-state index contributed by atoms with van der Waals surface area (Å²) in [6.45, 7) is 2.39. The van der Waals surface area contributed by atoms with E-state index in [0.29, 0.717) is 31.1 Å². The summed E-state index contributed by atoms with van der Waals surface area (Å²) in [6, 6.07) is 17.6. The Hall–Kier alpha value is -2.99. The second kappa shape index (κ2) is 8.40. The van der Waals surface area contributed by atoms with Gasteiger partial charge in [0.15, 0.2) is 11.5 Å². The number of carbonyl (C=O) groups excluding carboxylic acids is 1. The van der Waals surface area contributed by atoms with E-state index in [1.807, 2.05) is 64.9 Å². The van der Waals surface area contributed by atoms with Crippen molar-refractivity contribution in [1.82, 2.24) is 4.90 Å². The molecule has 0 bridgehead atoms. The van der Waals surface area contributed by atoms with Crippen molar-refractivity contribution in [2.45, 2.75) is 25.5 Å². The molecule has 2 aromatic carbocycles. The molecule has 3 heterocycles. The average Bonchev–Trinajstić information content (AvgIpc) is 3.49. The van der Waals surface area contributed by atoms with E-state index in [-0.39, 0.29) is 11.9 Å². The summed E-state index contributed by atoms with van der Waals surface area (Å²) >= 11 is 1.66.